The average Bonchev–Trinajstić information content (AvgIpc) is 2.70. The van der Waals surface area contributed by atoms with Crippen LogP contribution in [0.1, 0.15) is 12.8 Å². The van der Waals surface area contributed by atoms with E-state index in [0.717, 1.165) is 6.16 Å². The number of carboxylic acid groups (broad SMARTS) is 1. The van der Waals surface area contributed by atoms with E-state index < -0.39 is 12.6 Å². The molecule has 0 unspecified atom stereocenters. The van der Waals surface area contributed by atoms with E-state index >= 15 is 0 Å². The summed E-state index contributed by atoms with van der Waals surface area (Å²) in [4.78, 5) is 11.2. The molecule has 0 aliphatic carbocycles. The minimum absolute atomic E-state index is 0.193. The molecule has 134 valence electrons. The molecule has 0 aliphatic heterocycles. The quantitative estimate of drug-likeness (QED) is 0.643. The van der Waals surface area contributed by atoms with Crippen LogP contribution in [-0.2, 0) is 4.79 Å². The molecule has 0 atom stereocenters. The summed E-state index contributed by atoms with van der Waals surface area (Å²) in [6.45, 7) is -0.382. The Morgan fingerprint density at radius 1 is 0.731 bits per heavy atom. The van der Waals surface area contributed by atoms with E-state index in [1.165, 1.54) is 15.9 Å². The van der Waals surface area contributed by atoms with Gasteiger partial charge in [0.2, 0.25) is 0 Å². The number of aliphatic carboxylic acids is 1. The van der Waals surface area contributed by atoms with Crippen LogP contribution in [0.25, 0.3) is 0 Å². The summed E-state index contributed by atoms with van der Waals surface area (Å²) in [6, 6.07) is 31.9. The zero-order chi connectivity index (χ0) is 18.5. The zero-order valence-electron chi connectivity index (χ0n) is 15.1. The molecule has 0 heterocycles. The Morgan fingerprint density at radius 3 is 1.38 bits per heavy atom. The first kappa shape index (κ1) is 18.4. The third kappa shape index (κ3) is 3.18. The maximum absolute atomic E-state index is 11.2. The molecule has 0 fully saturated rings. The van der Waals surface area contributed by atoms with E-state index in [9.17, 15) is 9.90 Å². The molecule has 0 spiro atoms. The molecule has 3 rings (SSSR count). The van der Waals surface area contributed by atoms with Crippen molar-refractivity contribution in [2.24, 2.45) is 0 Å². The van der Waals surface area contributed by atoms with Gasteiger partial charge in [0.1, 0.15) is 0 Å². The molecule has 3 heteroatoms. The Kier molecular flexibility index (Phi) is 5.25. The third-order valence-electron chi connectivity index (χ3n) is 5.47. The van der Waals surface area contributed by atoms with Crippen LogP contribution in [0.15, 0.2) is 91.0 Å². The summed E-state index contributed by atoms with van der Waals surface area (Å²) < 4.78 is 0. The van der Waals surface area contributed by atoms with E-state index in [1.807, 2.05) is 18.2 Å². The molecule has 3 aromatic rings. The molecule has 3 aromatic carbocycles. The topological polar surface area (TPSA) is 37.3 Å². The van der Waals surface area contributed by atoms with E-state index in [1.54, 1.807) is 0 Å². The number of carboxylic acids is 1. The number of benzene rings is 3. The van der Waals surface area contributed by atoms with Gasteiger partial charge in [-0.2, -0.15) is 0 Å². The van der Waals surface area contributed by atoms with Gasteiger partial charge in [-0.25, -0.2) is 0 Å². The molecule has 0 amide bonds. The van der Waals surface area contributed by atoms with Crippen molar-refractivity contribution in [1.29, 1.82) is 0 Å². The predicted molar refractivity (Wildman–Crippen MR) is 113 cm³/mol. The van der Waals surface area contributed by atoms with Crippen molar-refractivity contribution in [2.75, 3.05) is 12.8 Å². The van der Waals surface area contributed by atoms with Crippen molar-refractivity contribution in [3.63, 3.8) is 0 Å². The van der Waals surface area contributed by atoms with Gasteiger partial charge in [-0.3, -0.25) is 0 Å². The van der Waals surface area contributed by atoms with Gasteiger partial charge in [-0.05, 0) is 0 Å². The molecular formula is C23H25O2P. The van der Waals surface area contributed by atoms with Crippen LogP contribution in [0.4, 0.5) is 0 Å². The van der Waals surface area contributed by atoms with Crippen LogP contribution in [0.5, 0.6) is 0 Å². The number of carbonyl (C=O) groups is 1. The first-order valence-corrected chi connectivity index (χ1v) is 11.8. The average molecular weight is 364 g/mol. The fourth-order valence-electron chi connectivity index (χ4n) is 3.95. The third-order valence-corrected chi connectivity index (χ3v) is 12.0. The summed E-state index contributed by atoms with van der Waals surface area (Å²) >= 11 is 0. The maximum atomic E-state index is 11.2. The Balaban J connectivity index is 2.29. The number of rotatable bonds is 7. The predicted octanol–water partition coefficient (Wildman–Crippen LogP) is 4.01. The monoisotopic (exact) mass is 364 g/mol. The van der Waals surface area contributed by atoms with E-state index in [4.69, 9.17) is 0 Å². The molecule has 26 heavy (non-hydrogen) atoms. The zero-order valence-corrected chi connectivity index (χ0v) is 16.0. The van der Waals surface area contributed by atoms with Crippen molar-refractivity contribution in [2.45, 2.75) is 12.8 Å². The van der Waals surface area contributed by atoms with Crippen LogP contribution in [0.2, 0.25) is 0 Å². The second-order valence-electron chi connectivity index (χ2n) is 7.02. The molecular weight excluding hydrogens is 339 g/mol. The van der Waals surface area contributed by atoms with E-state index in [2.05, 4.69) is 79.5 Å². The van der Waals surface area contributed by atoms with Crippen LogP contribution in [0.3, 0.4) is 0 Å². The molecule has 0 saturated carbocycles. The van der Waals surface area contributed by atoms with Gasteiger partial charge in [0.25, 0.3) is 0 Å². The summed E-state index contributed by atoms with van der Waals surface area (Å²) in [5.74, 6) is -0.732. The van der Waals surface area contributed by atoms with Crippen LogP contribution in [-0.4, -0.2) is 23.9 Å². The van der Waals surface area contributed by atoms with Crippen LogP contribution >= 0.6 is 6.60 Å². The Morgan fingerprint density at radius 2 is 1.08 bits per heavy atom. The number of hydrogen-bond donors (Lipinski definition) is 1. The SMILES string of the molecule is CP(CCCC(=O)O)(c1ccccc1)(c1ccccc1)c1ccccc1. The Labute approximate surface area is 155 Å². The summed E-state index contributed by atoms with van der Waals surface area (Å²) in [6.07, 6.45) is 1.69. The minimum atomic E-state index is -2.76. The fraction of sp³-hybridized carbons (Fsp3) is 0.174. The Hall–Kier alpha value is -2.44. The second kappa shape index (κ2) is 7.43. The van der Waals surface area contributed by atoms with Gasteiger partial charge in [-0.1, -0.05) is 0 Å². The molecule has 0 bridgehead atoms. The van der Waals surface area contributed by atoms with Crippen molar-refractivity contribution >= 4 is 28.5 Å². The van der Waals surface area contributed by atoms with Crippen molar-refractivity contribution in [3.8, 4) is 0 Å². The van der Waals surface area contributed by atoms with Gasteiger partial charge in [0.15, 0.2) is 0 Å². The number of hydrogen-bond acceptors (Lipinski definition) is 1. The molecule has 0 aromatic heterocycles. The summed E-state index contributed by atoms with van der Waals surface area (Å²) in [5, 5.41) is 13.1. The molecule has 0 radical (unpaired) electrons. The molecule has 0 saturated heterocycles. The second-order valence-corrected chi connectivity index (χ2v) is 12.6. The van der Waals surface area contributed by atoms with Crippen molar-refractivity contribution < 1.29 is 9.90 Å². The fourth-order valence-corrected chi connectivity index (χ4v) is 9.51. The first-order chi connectivity index (χ1) is 12.6. The van der Waals surface area contributed by atoms with Crippen LogP contribution < -0.4 is 15.9 Å². The first-order valence-electron chi connectivity index (χ1n) is 8.95. The normalized spacial score (nSPS) is 12.9. The van der Waals surface area contributed by atoms with Gasteiger partial charge in [-0.15, -0.1) is 0 Å². The van der Waals surface area contributed by atoms with E-state index in [-0.39, 0.29) is 6.42 Å². The van der Waals surface area contributed by atoms with E-state index in [0.29, 0.717) is 6.42 Å². The van der Waals surface area contributed by atoms with Crippen molar-refractivity contribution in [3.05, 3.63) is 91.0 Å². The van der Waals surface area contributed by atoms with Gasteiger partial charge >= 0.3 is 155 Å². The molecule has 2 nitrogen and oxygen atoms in total. The van der Waals surface area contributed by atoms with Crippen LogP contribution in [0, 0.1) is 0 Å². The Bertz CT molecular complexity index is 761. The summed E-state index contributed by atoms with van der Waals surface area (Å²) in [7, 11) is 0. The van der Waals surface area contributed by atoms with Gasteiger partial charge < -0.3 is 0 Å². The summed E-state index contributed by atoms with van der Waals surface area (Å²) in [5.41, 5.74) is 0. The molecule has 1 N–H and O–H groups in total. The standard InChI is InChI=1S/C23H25O2P/c1-26(19-11-18-23(24)25,20-12-5-2-6-13-20,21-14-7-3-8-15-21)22-16-9-4-10-17-22/h2-10,12-17H,11,18-19H2,1H3,(H,24,25). The molecule has 0 aliphatic rings. The van der Waals surface area contributed by atoms with Gasteiger partial charge in [0, 0.05) is 0 Å². The van der Waals surface area contributed by atoms with Gasteiger partial charge in [0.05, 0.1) is 0 Å². The van der Waals surface area contributed by atoms with Crippen molar-refractivity contribution in [1.82, 2.24) is 0 Å².